The van der Waals surface area contributed by atoms with Gasteiger partial charge in [0, 0.05) is 15.6 Å². The highest BCUT2D eigenvalue weighted by molar-refractivity contribution is 6.35. The fraction of sp³-hybridized carbons (Fsp3) is 0.333. The molecule has 4 heteroatoms. The molecule has 0 saturated heterocycles. The van der Waals surface area contributed by atoms with Gasteiger partial charge in [-0.05, 0) is 57.2 Å². The van der Waals surface area contributed by atoms with Gasteiger partial charge in [-0.15, -0.1) is 0 Å². The molecule has 0 amide bonds. The molecule has 0 aromatic heterocycles. The molecule has 2 nitrogen and oxygen atoms in total. The van der Waals surface area contributed by atoms with Crippen molar-refractivity contribution in [3.05, 3.63) is 63.6 Å². The van der Waals surface area contributed by atoms with E-state index in [1.807, 2.05) is 36.4 Å². The Hall–Kier alpha value is -1.22. The Balaban J connectivity index is 2.03. The summed E-state index contributed by atoms with van der Waals surface area (Å²) < 4.78 is 5.96. The molecule has 2 aromatic carbocycles. The number of benzene rings is 2. The van der Waals surface area contributed by atoms with Crippen LogP contribution in [0.15, 0.2) is 42.5 Å². The van der Waals surface area contributed by atoms with Gasteiger partial charge in [0.15, 0.2) is 0 Å². The van der Waals surface area contributed by atoms with Crippen LogP contribution in [0.3, 0.4) is 0 Å². The molecule has 0 spiro atoms. The van der Waals surface area contributed by atoms with Crippen LogP contribution in [0.25, 0.3) is 0 Å². The van der Waals surface area contributed by atoms with Crippen LogP contribution in [-0.2, 0) is 13.0 Å². The van der Waals surface area contributed by atoms with Crippen LogP contribution in [-0.4, -0.2) is 25.5 Å². The van der Waals surface area contributed by atoms with Crippen LogP contribution < -0.4 is 4.74 Å². The van der Waals surface area contributed by atoms with Crippen molar-refractivity contribution in [3.8, 4) is 5.75 Å². The van der Waals surface area contributed by atoms with E-state index in [9.17, 15) is 0 Å². The van der Waals surface area contributed by atoms with Gasteiger partial charge >= 0.3 is 0 Å². The van der Waals surface area contributed by atoms with Crippen LogP contribution in [0.4, 0.5) is 0 Å². The molecule has 0 atom stereocenters. The van der Waals surface area contributed by atoms with Crippen molar-refractivity contribution in [2.24, 2.45) is 0 Å². The van der Waals surface area contributed by atoms with E-state index < -0.39 is 0 Å². The number of ether oxygens (including phenoxy) is 1. The summed E-state index contributed by atoms with van der Waals surface area (Å²) in [7, 11) is 4.17. The zero-order valence-corrected chi connectivity index (χ0v) is 14.5. The van der Waals surface area contributed by atoms with Crippen molar-refractivity contribution in [2.75, 3.05) is 20.6 Å². The minimum atomic E-state index is 0.378. The maximum Gasteiger partial charge on any atom is 0.123 e. The molecule has 118 valence electrons. The third kappa shape index (κ3) is 4.91. The van der Waals surface area contributed by atoms with Crippen molar-refractivity contribution in [2.45, 2.75) is 19.4 Å². The molecule has 0 bridgehead atoms. The molecular weight excluding hydrogens is 317 g/mol. The highest BCUT2D eigenvalue weighted by atomic mass is 35.5. The number of para-hydroxylation sites is 1. The quantitative estimate of drug-likeness (QED) is 0.699. The Kier molecular flexibility index (Phi) is 6.56. The Labute approximate surface area is 142 Å². The molecule has 0 aliphatic carbocycles. The van der Waals surface area contributed by atoms with Crippen molar-refractivity contribution < 1.29 is 4.74 Å². The lowest BCUT2D eigenvalue weighted by Crippen LogP contribution is -2.13. The van der Waals surface area contributed by atoms with Crippen LogP contribution in [0.2, 0.25) is 10.0 Å². The molecule has 0 aliphatic rings. The predicted octanol–water partition coefficient (Wildman–Crippen LogP) is 5.07. The van der Waals surface area contributed by atoms with Crippen molar-refractivity contribution in [3.63, 3.8) is 0 Å². The number of hydrogen-bond acceptors (Lipinski definition) is 2. The van der Waals surface area contributed by atoms with Gasteiger partial charge in [0.05, 0.1) is 0 Å². The normalized spacial score (nSPS) is 11.0. The van der Waals surface area contributed by atoms with Gasteiger partial charge < -0.3 is 9.64 Å². The molecule has 0 saturated carbocycles. The van der Waals surface area contributed by atoms with Gasteiger partial charge in [-0.25, -0.2) is 0 Å². The Morgan fingerprint density at radius 3 is 2.32 bits per heavy atom. The van der Waals surface area contributed by atoms with E-state index in [1.165, 1.54) is 5.56 Å². The zero-order chi connectivity index (χ0) is 15.9. The van der Waals surface area contributed by atoms with Crippen LogP contribution in [0.5, 0.6) is 5.75 Å². The first-order chi connectivity index (χ1) is 10.6. The zero-order valence-electron chi connectivity index (χ0n) is 13.0. The van der Waals surface area contributed by atoms with Gasteiger partial charge in [-0.1, -0.05) is 47.5 Å². The Morgan fingerprint density at radius 1 is 0.955 bits per heavy atom. The summed E-state index contributed by atoms with van der Waals surface area (Å²) in [5.41, 5.74) is 2.04. The van der Waals surface area contributed by atoms with Crippen LogP contribution in [0, 0.1) is 0 Å². The van der Waals surface area contributed by atoms with Crippen LogP contribution >= 0.6 is 23.2 Å². The maximum absolute atomic E-state index is 6.18. The molecule has 0 radical (unpaired) electrons. The van der Waals surface area contributed by atoms with Crippen LogP contribution in [0.1, 0.15) is 17.5 Å². The van der Waals surface area contributed by atoms with Crippen molar-refractivity contribution in [1.82, 2.24) is 4.90 Å². The number of aryl methyl sites for hydroxylation is 1. The maximum atomic E-state index is 6.18. The smallest absolute Gasteiger partial charge is 0.123 e. The summed E-state index contributed by atoms with van der Waals surface area (Å²) in [6, 6.07) is 13.6. The summed E-state index contributed by atoms with van der Waals surface area (Å²) in [5, 5.41) is 1.27. The Morgan fingerprint density at radius 2 is 1.64 bits per heavy atom. The Bertz CT molecular complexity index is 594. The summed E-state index contributed by atoms with van der Waals surface area (Å²) >= 11 is 12.4. The minimum Gasteiger partial charge on any atom is -0.489 e. The molecular formula is C18H21Cl2NO. The summed E-state index contributed by atoms with van der Waals surface area (Å²) in [6.07, 6.45) is 2.09. The summed E-state index contributed by atoms with van der Waals surface area (Å²) in [4.78, 5) is 2.19. The van der Waals surface area contributed by atoms with Gasteiger partial charge in [-0.2, -0.15) is 0 Å². The lowest BCUT2D eigenvalue weighted by atomic mass is 10.1. The lowest BCUT2D eigenvalue weighted by Gasteiger charge is -2.14. The highest BCUT2D eigenvalue weighted by Gasteiger charge is 2.08. The fourth-order valence-corrected chi connectivity index (χ4v) is 2.76. The first-order valence-corrected chi connectivity index (χ1v) is 8.12. The minimum absolute atomic E-state index is 0.378. The molecule has 0 heterocycles. The van der Waals surface area contributed by atoms with Crippen molar-refractivity contribution >= 4 is 23.2 Å². The molecule has 2 aromatic rings. The van der Waals surface area contributed by atoms with Gasteiger partial charge in [0.2, 0.25) is 0 Å². The van der Waals surface area contributed by atoms with E-state index in [0.29, 0.717) is 16.7 Å². The fourth-order valence-electron chi connectivity index (χ4n) is 2.26. The van der Waals surface area contributed by atoms with E-state index in [0.717, 1.165) is 30.7 Å². The molecule has 0 aliphatic heterocycles. The predicted molar refractivity (Wildman–Crippen MR) is 94.1 cm³/mol. The first kappa shape index (κ1) is 17.1. The van der Waals surface area contributed by atoms with E-state index >= 15 is 0 Å². The second-order valence-corrected chi connectivity index (χ2v) is 6.32. The third-order valence-corrected chi connectivity index (χ3v) is 4.17. The number of nitrogens with zero attached hydrogens (tertiary/aromatic N) is 1. The van der Waals surface area contributed by atoms with Gasteiger partial charge in [-0.3, -0.25) is 0 Å². The monoisotopic (exact) mass is 337 g/mol. The van der Waals surface area contributed by atoms with Gasteiger partial charge in [0.25, 0.3) is 0 Å². The van der Waals surface area contributed by atoms with Gasteiger partial charge in [0.1, 0.15) is 12.4 Å². The molecule has 2 rings (SSSR count). The third-order valence-electron chi connectivity index (χ3n) is 3.46. The second-order valence-electron chi connectivity index (χ2n) is 5.50. The molecule has 0 N–H and O–H groups in total. The number of halogens is 2. The SMILES string of the molecule is CN(C)CCCc1ccccc1OCc1c(Cl)cccc1Cl. The average Bonchev–Trinajstić information content (AvgIpc) is 2.48. The van der Waals surface area contributed by atoms with E-state index in [4.69, 9.17) is 27.9 Å². The largest absolute Gasteiger partial charge is 0.489 e. The molecule has 22 heavy (non-hydrogen) atoms. The standard InChI is InChI=1S/C18H21Cl2NO/c1-21(2)12-6-8-14-7-3-4-11-18(14)22-13-15-16(19)9-5-10-17(15)20/h3-5,7,9-11H,6,8,12-13H2,1-2H3. The summed E-state index contributed by atoms with van der Waals surface area (Å²) in [6.45, 7) is 1.44. The summed E-state index contributed by atoms with van der Waals surface area (Å²) in [5.74, 6) is 0.900. The number of hydrogen-bond donors (Lipinski definition) is 0. The number of rotatable bonds is 7. The van der Waals surface area contributed by atoms with Crippen molar-refractivity contribution in [1.29, 1.82) is 0 Å². The highest BCUT2D eigenvalue weighted by Crippen LogP contribution is 2.27. The molecule has 0 unspecified atom stereocenters. The molecule has 0 fully saturated rings. The van der Waals surface area contributed by atoms with E-state index in [2.05, 4.69) is 25.1 Å². The van der Waals surface area contributed by atoms with E-state index in [1.54, 1.807) is 0 Å². The van der Waals surface area contributed by atoms with E-state index in [-0.39, 0.29) is 0 Å². The topological polar surface area (TPSA) is 12.5 Å². The average molecular weight is 338 g/mol. The lowest BCUT2D eigenvalue weighted by molar-refractivity contribution is 0.302. The second kappa shape index (κ2) is 8.42. The first-order valence-electron chi connectivity index (χ1n) is 7.36.